The smallest absolute Gasteiger partial charge is 0.339 e. The third-order valence-corrected chi connectivity index (χ3v) is 10.3. The number of hydrogen-bond donors (Lipinski definition) is 1. The zero-order valence-corrected chi connectivity index (χ0v) is 21.9. The van der Waals surface area contributed by atoms with E-state index in [1.807, 2.05) is 0 Å². The zero-order chi connectivity index (χ0) is 27.2. The average molecular weight is 541 g/mol. The van der Waals surface area contributed by atoms with E-state index < -0.39 is 58.3 Å². The van der Waals surface area contributed by atoms with E-state index in [1.165, 1.54) is 36.0 Å². The highest BCUT2D eigenvalue weighted by Crippen LogP contribution is 2.72. The van der Waals surface area contributed by atoms with E-state index in [2.05, 4.69) is 19.9 Å². The molecule has 10 heteroatoms. The van der Waals surface area contributed by atoms with Gasteiger partial charge in [0.2, 0.25) is 0 Å². The average Bonchev–Trinajstić information content (AvgIpc) is 3.64. The molecule has 4 saturated heterocycles. The van der Waals surface area contributed by atoms with Crippen molar-refractivity contribution in [2.75, 3.05) is 19.8 Å². The standard InChI is InChI=1S/C29H32O10/c1-16-6-9-27-14-34-22(31)12-17-7-10-35-28(23(32)25(33)39-24(17)28)8-4-3-5-21(30)38-18-13-20(37-19(27)11-16)29(15-36-29)26(18,27)2/h3-5,8,11-12,18-20,23-24,32H,6-7,9-10,13-15H2,1-2H3/b5-3-,8-4+,17-12+/t18?,19-,20-,23?,24?,26-,27-,28?,29+/m1/s1. The lowest BCUT2D eigenvalue weighted by Crippen LogP contribution is -2.66. The fourth-order valence-electron chi connectivity index (χ4n) is 8.02. The van der Waals surface area contributed by atoms with Crippen LogP contribution in [0.2, 0.25) is 0 Å². The first kappa shape index (κ1) is 25.2. The summed E-state index contributed by atoms with van der Waals surface area (Å²) in [5.41, 5.74) is -1.78. The van der Waals surface area contributed by atoms with Gasteiger partial charge in [-0.15, -0.1) is 0 Å². The van der Waals surface area contributed by atoms with E-state index >= 15 is 0 Å². The normalized spacial score (nSPS) is 51.4. The predicted molar refractivity (Wildman–Crippen MR) is 132 cm³/mol. The third-order valence-electron chi connectivity index (χ3n) is 10.3. The van der Waals surface area contributed by atoms with Gasteiger partial charge >= 0.3 is 17.9 Å². The van der Waals surface area contributed by atoms with Crippen LogP contribution in [0.1, 0.15) is 39.5 Å². The van der Waals surface area contributed by atoms with Gasteiger partial charge in [-0.05, 0) is 37.8 Å². The number of epoxide rings is 1. The van der Waals surface area contributed by atoms with Crippen LogP contribution >= 0.6 is 0 Å². The highest BCUT2D eigenvalue weighted by molar-refractivity contribution is 5.85. The minimum absolute atomic E-state index is 0.0386. The molecule has 5 aliphatic heterocycles. The van der Waals surface area contributed by atoms with Crippen LogP contribution in [0.25, 0.3) is 0 Å². The van der Waals surface area contributed by atoms with Gasteiger partial charge in [0.15, 0.2) is 17.8 Å². The Kier molecular flexibility index (Phi) is 5.40. The molecule has 10 nitrogen and oxygen atoms in total. The molecular weight excluding hydrogens is 508 g/mol. The van der Waals surface area contributed by atoms with E-state index in [0.29, 0.717) is 31.4 Å². The summed E-state index contributed by atoms with van der Waals surface area (Å²) in [5.74, 6) is -1.97. The first-order chi connectivity index (χ1) is 18.7. The quantitative estimate of drug-likeness (QED) is 0.209. The monoisotopic (exact) mass is 540 g/mol. The van der Waals surface area contributed by atoms with Crippen LogP contribution in [0, 0.1) is 10.8 Å². The number of cyclic esters (lactones) is 1. The number of rotatable bonds is 0. The molecule has 1 saturated carbocycles. The van der Waals surface area contributed by atoms with Crippen molar-refractivity contribution in [3.8, 4) is 0 Å². The van der Waals surface area contributed by atoms with Crippen molar-refractivity contribution in [3.63, 3.8) is 0 Å². The van der Waals surface area contributed by atoms with E-state index in [0.717, 1.165) is 6.42 Å². The first-order valence-corrected chi connectivity index (χ1v) is 13.6. The minimum Gasteiger partial charge on any atom is -0.462 e. The Morgan fingerprint density at radius 2 is 1.82 bits per heavy atom. The number of esters is 3. The molecule has 2 aliphatic carbocycles. The second-order valence-electron chi connectivity index (χ2n) is 12.0. The number of allylic oxidation sites excluding steroid dienone is 3. The van der Waals surface area contributed by atoms with Crippen molar-refractivity contribution in [2.24, 2.45) is 10.8 Å². The van der Waals surface area contributed by atoms with Crippen molar-refractivity contribution in [3.05, 3.63) is 47.6 Å². The molecule has 0 aromatic rings. The molecule has 39 heavy (non-hydrogen) atoms. The molecule has 7 aliphatic rings. The van der Waals surface area contributed by atoms with Crippen LogP contribution in [-0.4, -0.2) is 84.6 Å². The number of ether oxygens (including phenoxy) is 6. The topological polar surface area (TPSA) is 130 Å². The highest BCUT2D eigenvalue weighted by Gasteiger charge is 2.83. The molecule has 0 amide bonds. The van der Waals surface area contributed by atoms with Crippen LogP contribution in [0.4, 0.5) is 0 Å². The van der Waals surface area contributed by atoms with Crippen LogP contribution < -0.4 is 0 Å². The summed E-state index contributed by atoms with van der Waals surface area (Å²) in [7, 11) is 0. The molecule has 2 spiro atoms. The van der Waals surface area contributed by atoms with Gasteiger partial charge in [-0.3, -0.25) is 0 Å². The maximum absolute atomic E-state index is 13.3. The summed E-state index contributed by atoms with van der Waals surface area (Å²) < 4.78 is 36.1. The van der Waals surface area contributed by atoms with E-state index in [4.69, 9.17) is 28.4 Å². The molecule has 208 valence electrons. The minimum atomic E-state index is -1.59. The zero-order valence-electron chi connectivity index (χ0n) is 21.9. The van der Waals surface area contributed by atoms with Gasteiger partial charge in [0.1, 0.15) is 18.3 Å². The Labute approximate surface area is 225 Å². The molecule has 9 atom stereocenters. The van der Waals surface area contributed by atoms with Gasteiger partial charge in [-0.1, -0.05) is 30.7 Å². The lowest BCUT2D eigenvalue weighted by atomic mass is 9.51. The molecule has 0 aromatic carbocycles. The lowest BCUT2D eigenvalue weighted by Gasteiger charge is -2.58. The maximum Gasteiger partial charge on any atom is 0.339 e. The fourth-order valence-corrected chi connectivity index (χ4v) is 8.02. The van der Waals surface area contributed by atoms with Gasteiger partial charge in [-0.25, -0.2) is 14.4 Å². The van der Waals surface area contributed by atoms with Crippen molar-refractivity contribution in [1.82, 2.24) is 0 Å². The van der Waals surface area contributed by atoms with Crippen molar-refractivity contribution >= 4 is 17.9 Å². The van der Waals surface area contributed by atoms with Crippen LogP contribution in [-0.2, 0) is 42.8 Å². The number of aliphatic hydroxyl groups is 1. The molecule has 5 heterocycles. The SMILES string of the molecule is CC1=C[C@H]2O[C@@H]3CC4OC(=O)/C=C\C=C\C56OCC/C(=C\C(=O)OC[C@@]2(CC1)[C@]4(C)[C@]31CO1)C5OC(=O)C6O. The molecule has 0 radical (unpaired) electrons. The van der Waals surface area contributed by atoms with Crippen LogP contribution in [0.3, 0.4) is 0 Å². The Bertz CT molecular complexity index is 1260. The van der Waals surface area contributed by atoms with E-state index in [-0.39, 0.29) is 25.4 Å². The van der Waals surface area contributed by atoms with Crippen LogP contribution in [0.5, 0.6) is 0 Å². The first-order valence-electron chi connectivity index (χ1n) is 13.6. The second-order valence-corrected chi connectivity index (χ2v) is 12.0. The molecule has 7 rings (SSSR count). The van der Waals surface area contributed by atoms with E-state index in [9.17, 15) is 19.5 Å². The van der Waals surface area contributed by atoms with Gasteiger partial charge in [0, 0.05) is 24.0 Å². The molecule has 0 aromatic heterocycles. The van der Waals surface area contributed by atoms with Crippen molar-refractivity contribution < 1.29 is 47.9 Å². The number of aliphatic hydroxyl groups excluding tert-OH is 1. The highest BCUT2D eigenvalue weighted by atomic mass is 16.6. The van der Waals surface area contributed by atoms with Crippen molar-refractivity contribution in [2.45, 2.75) is 81.3 Å². The summed E-state index contributed by atoms with van der Waals surface area (Å²) in [6, 6.07) is 0. The predicted octanol–water partition coefficient (Wildman–Crippen LogP) is 1.61. The Morgan fingerprint density at radius 3 is 2.62 bits per heavy atom. The Balaban J connectivity index is 1.32. The molecule has 4 bridgehead atoms. The number of hydrogen-bond acceptors (Lipinski definition) is 10. The molecule has 5 fully saturated rings. The number of carbonyl (C=O) groups is 3. The van der Waals surface area contributed by atoms with Gasteiger partial charge < -0.3 is 33.5 Å². The summed E-state index contributed by atoms with van der Waals surface area (Å²) in [5, 5.41) is 10.7. The summed E-state index contributed by atoms with van der Waals surface area (Å²) in [6.45, 7) is 4.84. The maximum atomic E-state index is 13.3. The Hall–Kier alpha value is -2.79. The van der Waals surface area contributed by atoms with Gasteiger partial charge in [0.25, 0.3) is 0 Å². The van der Waals surface area contributed by atoms with Gasteiger partial charge in [-0.2, -0.15) is 0 Å². The summed E-state index contributed by atoms with van der Waals surface area (Å²) >= 11 is 0. The lowest BCUT2D eigenvalue weighted by molar-refractivity contribution is -0.232. The third kappa shape index (κ3) is 3.26. The fraction of sp³-hybridized carbons (Fsp3) is 0.621. The molecule has 1 N–H and O–H groups in total. The Morgan fingerprint density at radius 1 is 1.00 bits per heavy atom. The van der Waals surface area contributed by atoms with Crippen LogP contribution in [0.15, 0.2) is 47.6 Å². The molecule has 4 unspecified atom stereocenters. The van der Waals surface area contributed by atoms with E-state index in [1.54, 1.807) is 0 Å². The number of carbonyl (C=O) groups excluding carboxylic acids is 3. The van der Waals surface area contributed by atoms with Gasteiger partial charge in [0.05, 0.1) is 30.8 Å². The largest absolute Gasteiger partial charge is 0.462 e. The summed E-state index contributed by atoms with van der Waals surface area (Å²) in [6.07, 6.45) is 7.85. The summed E-state index contributed by atoms with van der Waals surface area (Å²) in [4.78, 5) is 38.7. The second kappa shape index (κ2) is 8.36. The molecular formula is C29H32O10. The van der Waals surface area contributed by atoms with Crippen molar-refractivity contribution in [1.29, 1.82) is 0 Å².